The van der Waals surface area contributed by atoms with Crippen LogP contribution >= 0.6 is 0 Å². The van der Waals surface area contributed by atoms with Crippen LogP contribution in [0.15, 0.2) is 121 Å². The van der Waals surface area contributed by atoms with Crippen LogP contribution in [0.5, 0.6) is 57.5 Å². The fraction of sp³-hybridized carbons (Fsp3) is 0.0698. The van der Waals surface area contributed by atoms with Gasteiger partial charge in [-0.05, 0) is 81.9 Å². The van der Waals surface area contributed by atoms with E-state index in [-0.39, 0.29) is 13.2 Å². The van der Waals surface area contributed by atoms with Crippen LogP contribution in [-0.2, 0) is 5.41 Å². The Morgan fingerprint density at radius 2 is 0.837 bits per heavy atom. The van der Waals surface area contributed by atoms with Gasteiger partial charge in [0.1, 0.15) is 24.7 Å². The van der Waals surface area contributed by atoms with Crippen LogP contribution < -0.4 is 28.4 Å². The summed E-state index contributed by atoms with van der Waals surface area (Å²) in [5, 5.41) is 0. The molecule has 0 spiro atoms. The van der Waals surface area contributed by atoms with Crippen molar-refractivity contribution in [3.8, 4) is 93.3 Å². The summed E-state index contributed by atoms with van der Waals surface area (Å²) in [6.07, 6.45) is 10.8. The molecule has 6 nitrogen and oxygen atoms in total. The normalized spacial score (nSPS) is 13.4. The van der Waals surface area contributed by atoms with Crippen molar-refractivity contribution < 1.29 is 28.4 Å². The Kier molecular flexibility index (Phi) is 6.50. The zero-order valence-corrected chi connectivity index (χ0v) is 26.1. The Morgan fingerprint density at radius 1 is 0.449 bits per heavy atom. The Bertz CT molecular complexity index is 2350. The third kappa shape index (κ3) is 4.47. The van der Waals surface area contributed by atoms with Crippen LogP contribution in [0.2, 0.25) is 0 Å². The molecule has 0 unspecified atom stereocenters. The topological polar surface area (TPSA) is 55.4 Å². The summed E-state index contributed by atoms with van der Waals surface area (Å²) in [5.41, 5.74) is 5.89. The van der Waals surface area contributed by atoms with Crippen LogP contribution in [0.4, 0.5) is 0 Å². The van der Waals surface area contributed by atoms with E-state index in [0.717, 1.165) is 33.4 Å². The number of hydrogen-bond acceptors (Lipinski definition) is 6. The quantitative estimate of drug-likeness (QED) is 0.169. The van der Waals surface area contributed by atoms with Crippen molar-refractivity contribution in [3.63, 3.8) is 0 Å². The molecule has 6 aromatic rings. The summed E-state index contributed by atoms with van der Waals surface area (Å²) in [6, 6.07) is 40.2. The Morgan fingerprint density at radius 3 is 1.31 bits per heavy atom. The second-order valence-electron chi connectivity index (χ2n) is 11.8. The summed E-state index contributed by atoms with van der Waals surface area (Å²) in [5.74, 6) is 10.9. The van der Waals surface area contributed by atoms with Gasteiger partial charge < -0.3 is 28.4 Å². The predicted molar refractivity (Wildman–Crippen MR) is 186 cm³/mol. The van der Waals surface area contributed by atoms with Crippen molar-refractivity contribution in [2.45, 2.75) is 5.41 Å². The highest BCUT2D eigenvalue weighted by molar-refractivity contribution is 5.86. The van der Waals surface area contributed by atoms with Gasteiger partial charge in [0.25, 0.3) is 0 Å². The van der Waals surface area contributed by atoms with Gasteiger partial charge >= 0.3 is 0 Å². The fourth-order valence-corrected chi connectivity index (χ4v) is 7.04. The molecule has 2 heterocycles. The lowest BCUT2D eigenvalue weighted by atomic mass is 9.67. The van der Waals surface area contributed by atoms with Crippen molar-refractivity contribution in [2.24, 2.45) is 0 Å². The molecule has 0 bridgehead atoms. The maximum Gasteiger partial charge on any atom is 0.173 e. The van der Waals surface area contributed by atoms with E-state index in [9.17, 15) is 0 Å². The summed E-state index contributed by atoms with van der Waals surface area (Å²) >= 11 is 0. The Balaban J connectivity index is 1.19. The maximum atomic E-state index is 6.50. The molecule has 234 valence electrons. The predicted octanol–water partition coefficient (Wildman–Crippen LogP) is 9.87. The van der Waals surface area contributed by atoms with E-state index in [1.807, 2.05) is 36.4 Å². The molecule has 0 radical (unpaired) electrons. The van der Waals surface area contributed by atoms with Crippen molar-refractivity contribution >= 4 is 0 Å². The van der Waals surface area contributed by atoms with Crippen LogP contribution in [0, 0.1) is 24.7 Å². The first-order valence-electron chi connectivity index (χ1n) is 15.8. The lowest BCUT2D eigenvalue weighted by Crippen LogP contribution is -2.28. The fourth-order valence-electron chi connectivity index (χ4n) is 7.04. The van der Waals surface area contributed by atoms with Crippen molar-refractivity contribution in [2.75, 3.05) is 13.2 Å². The van der Waals surface area contributed by atoms with E-state index in [1.54, 1.807) is 12.1 Å². The smallest absolute Gasteiger partial charge is 0.173 e. The average molecular weight is 639 g/mol. The molecule has 6 aromatic carbocycles. The molecule has 9 rings (SSSR count). The molecule has 0 amide bonds. The van der Waals surface area contributed by atoms with Gasteiger partial charge in [-0.3, -0.25) is 0 Å². The number of terminal acetylenes is 2. The van der Waals surface area contributed by atoms with Gasteiger partial charge in [-0.2, -0.15) is 0 Å². The Labute approximate surface area is 283 Å². The lowest BCUT2D eigenvalue weighted by Gasteiger charge is -2.35. The van der Waals surface area contributed by atoms with Crippen LogP contribution in [-0.4, -0.2) is 13.2 Å². The van der Waals surface area contributed by atoms with E-state index in [2.05, 4.69) is 84.6 Å². The average Bonchev–Trinajstić information content (AvgIpc) is 3.45. The standard InChI is InChI=1S/C43H26O6/c1-3-21-44-29-16-20-38-41(25-29)48-36-18-14-27(23-39(36)47-38)43(33-11-7-5-9-31(33)32-10-6-8-12-34(32)43)28-13-17-35-40(24-28)49-42-26-30(45-22-4-2)15-19-37(42)46-35/h1-2,5-20,23-26H,21-22H2. The van der Waals surface area contributed by atoms with Crippen LogP contribution in [0.1, 0.15) is 22.3 Å². The molecular weight excluding hydrogens is 612 g/mol. The molecular formula is C43H26O6. The molecule has 0 N–H and O–H groups in total. The van der Waals surface area contributed by atoms with Gasteiger partial charge in [0.15, 0.2) is 46.0 Å². The van der Waals surface area contributed by atoms with Crippen molar-refractivity contribution in [1.29, 1.82) is 0 Å². The van der Waals surface area contributed by atoms with Gasteiger partial charge in [-0.25, -0.2) is 0 Å². The minimum atomic E-state index is -0.727. The van der Waals surface area contributed by atoms with Gasteiger partial charge in [0.05, 0.1) is 5.41 Å². The summed E-state index contributed by atoms with van der Waals surface area (Å²) < 4.78 is 36.8. The third-order valence-electron chi connectivity index (χ3n) is 9.06. The molecule has 0 saturated heterocycles. The number of fused-ring (bicyclic) bond motifs is 7. The molecule has 49 heavy (non-hydrogen) atoms. The van der Waals surface area contributed by atoms with Gasteiger partial charge in [0.2, 0.25) is 0 Å². The highest BCUT2D eigenvalue weighted by atomic mass is 16.6. The number of ether oxygens (including phenoxy) is 6. The minimum Gasteiger partial charge on any atom is -0.481 e. The van der Waals surface area contributed by atoms with E-state index < -0.39 is 5.41 Å². The van der Waals surface area contributed by atoms with E-state index >= 15 is 0 Å². The SMILES string of the molecule is C#CCOc1ccc2c(c1)Oc1ccc(C3(c4ccc5c(c4)Oc4cc(OCC#C)ccc4O5)c4ccccc4-c4ccccc43)cc1O2. The summed E-state index contributed by atoms with van der Waals surface area (Å²) in [7, 11) is 0. The molecule has 0 fully saturated rings. The summed E-state index contributed by atoms with van der Waals surface area (Å²) in [4.78, 5) is 0. The second-order valence-corrected chi connectivity index (χ2v) is 11.8. The largest absolute Gasteiger partial charge is 0.481 e. The lowest BCUT2D eigenvalue weighted by molar-refractivity contribution is 0.344. The maximum absolute atomic E-state index is 6.50. The number of rotatable bonds is 6. The van der Waals surface area contributed by atoms with E-state index in [0.29, 0.717) is 57.5 Å². The zero-order chi connectivity index (χ0) is 33.0. The minimum absolute atomic E-state index is 0.158. The monoisotopic (exact) mass is 638 g/mol. The molecule has 3 aliphatic rings. The van der Waals surface area contributed by atoms with Crippen molar-refractivity contribution in [1.82, 2.24) is 0 Å². The number of hydrogen-bond donors (Lipinski definition) is 0. The molecule has 2 aliphatic heterocycles. The van der Waals surface area contributed by atoms with E-state index in [1.165, 1.54) is 0 Å². The highest BCUT2D eigenvalue weighted by Crippen LogP contribution is 2.59. The first kappa shape index (κ1) is 28.5. The van der Waals surface area contributed by atoms with Crippen LogP contribution in [0.3, 0.4) is 0 Å². The van der Waals surface area contributed by atoms with Gasteiger partial charge in [-0.1, -0.05) is 72.5 Å². The van der Waals surface area contributed by atoms with Gasteiger partial charge in [0, 0.05) is 12.1 Å². The first-order valence-corrected chi connectivity index (χ1v) is 15.8. The van der Waals surface area contributed by atoms with E-state index in [4.69, 9.17) is 41.3 Å². The molecule has 6 heteroatoms. The third-order valence-corrected chi connectivity index (χ3v) is 9.06. The molecule has 1 aliphatic carbocycles. The zero-order valence-electron chi connectivity index (χ0n) is 26.1. The van der Waals surface area contributed by atoms with Crippen molar-refractivity contribution in [3.05, 3.63) is 144 Å². The summed E-state index contributed by atoms with van der Waals surface area (Å²) in [6.45, 7) is 0.323. The molecule has 0 saturated carbocycles. The number of benzene rings is 6. The molecule has 0 atom stereocenters. The van der Waals surface area contributed by atoms with Gasteiger partial charge in [-0.15, -0.1) is 12.8 Å². The second kappa shape index (κ2) is 11.2. The highest BCUT2D eigenvalue weighted by Gasteiger charge is 2.47. The Hall–Kier alpha value is -6.76. The van der Waals surface area contributed by atoms with Crippen LogP contribution in [0.25, 0.3) is 11.1 Å². The first-order chi connectivity index (χ1) is 24.1. The molecule has 0 aromatic heterocycles.